The molecule has 36 heavy (non-hydrogen) atoms. The molecule has 2 aliphatic carbocycles. The van der Waals surface area contributed by atoms with Gasteiger partial charge in [-0.15, -0.1) is 0 Å². The van der Waals surface area contributed by atoms with Crippen LogP contribution in [0.2, 0.25) is 0 Å². The lowest BCUT2D eigenvalue weighted by molar-refractivity contribution is -0.122. The molecule has 4 unspecified atom stereocenters. The van der Waals surface area contributed by atoms with Crippen LogP contribution in [0, 0.1) is 34.5 Å². The van der Waals surface area contributed by atoms with Crippen molar-refractivity contribution in [2.75, 3.05) is 5.32 Å². The van der Waals surface area contributed by atoms with Gasteiger partial charge in [0.05, 0.1) is 40.4 Å². The number of aromatic nitrogens is 1. The number of carbonyl (C=O) groups is 1. The number of hydrogen-bond donors (Lipinski definition) is 1. The highest BCUT2D eigenvalue weighted by molar-refractivity contribution is 6.02. The normalized spacial score (nSPS) is 24.2. The number of rotatable bonds is 4. The van der Waals surface area contributed by atoms with Crippen LogP contribution in [0.5, 0.6) is 0 Å². The van der Waals surface area contributed by atoms with E-state index >= 15 is 0 Å². The van der Waals surface area contributed by atoms with Crippen molar-refractivity contribution in [3.05, 3.63) is 107 Å². The number of hydrogen-bond acceptors (Lipinski definition) is 4. The molecule has 1 heterocycles. The van der Waals surface area contributed by atoms with E-state index in [1.165, 1.54) is 0 Å². The van der Waals surface area contributed by atoms with E-state index in [2.05, 4.69) is 22.4 Å². The van der Waals surface area contributed by atoms with Gasteiger partial charge in [-0.1, -0.05) is 42.5 Å². The second kappa shape index (κ2) is 8.63. The summed E-state index contributed by atoms with van der Waals surface area (Å²) >= 11 is 0. The van der Waals surface area contributed by atoms with Gasteiger partial charge in [-0.05, 0) is 78.6 Å². The van der Waals surface area contributed by atoms with Crippen LogP contribution >= 0.6 is 0 Å². The Morgan fingerprint density at radius 3 is 2.33 bits per heavy atom. The Morgan fingerprint density at radius 2 is 1.61 bits per heavy atom. The van der Waals surface area contributed by atoms with E-state index in [4.69, 9.17) is 0 Å². The zero-order valence-corrected chi connectivity index (χ0v) is 19.7. The topological polar surface area (TPSA) is 89.6 Å². The number of nitrogens with one attached hydrogen (secondary N) is 1. The van der Waals surface area contributed by atoms with Crippen molar-refractivity contribution in [3.63, 3.8) is 0 Å². The van der Waals surface area contributed by atoms with Crippen molar-refractivity contribution >= 4 is 22.5 Å². The van der Waals surface area contributed by atoms with Gasteiger partial charge in [0, 0.05) is 17.0 Å². The number of fused-ring (bicyclic) bond motifs is 3. The smallest absolute Gasteiger partial charge is 0.229 e. The minimum Gasteiger partial charge on any atom is -0.324 e. The molecule has 4 atom stereocenters. The summed E-state index contributed by atoms with van der Waals surface area (Å²) < 4.78 is 0. The molecule has 2 aliphatic rings. The SMILES string of the molecule is N#Cc1ccc(C2C3CCC(c4ccc(C#N)cc4)(C3)C2C(=O)Nc2cccc3cccnc23)cc1. The lowest BCUT2D eigenvalue weighted by Crippen LogP contribution is -2.42. The molecule has 1 N–H and O–H groups in total. The average molecular weight is 469 g/mol. The summed E-state index contributed by atoms with van der Waals surface area (Å²) in [6.45, 7) is 0. The number of pyridine rings is 1. The Bertz CT molecular complexity index is 1540. The number of amides is 1. The molecule has 5 nitrogen and oxygen atoms in total. The predicted octanol–water partition coefficient (Wildman–Crippen LogP) is 6.07. The molecular formula is C31H24N4O. The van der Waals surface area contributed by atoms with Crippen LogP contribution in [-0.2, 0) is 10.2 Å². The highest BCUT2D eigenvalue weighted by atomic mass is 16.2. The van der Waals surface area contributed by atoms with E-state index in [-0.39, 0.29) is 23.2 Å². The van der Waals surface area contributed by atoms with Gasteiger partial charge >= 0.3 is 0 Å². The summed E-state index contributed by atoms with van der Waals surface area (Å²) in [5, 5.41) is 22.8. The molecule has 2 bridgehead atoms. The molecule has 2 fully saturated rings. The maximum atomic E-state index is 14.2. The van der Waals surface area contributed by atoms with Crippen molar-refractivity contribution in [1.82, 2.24) is 4.98 Å². The maximum Gasteiger partial charge on any atom is 0.229 e. The number of nitrogens with zero attached hydrogens (tertiary/aromatic N) is 3. The van der Waals surface area contributed by atoms with Crippen LogP contribution < -0.4 is 5.32 Å². The van der Waals surface area contributed by atoms with Gasteiger partial charge in [0.25, 0.3) is 0 Å². The molecule has 174 valence electrons. The van der Waals surface area contributed by atoms with Crippen LogP contribution in [0.1, 0.15) is 47.4 Å². The molecule has 0 saturated heterocycles. The Hall–Kier alpha value is -4.48. The van der Waals surface area contributed by atoms with E-state index in [1.54, 1.807) is 6.20 Å². The highest BCUT2D eigenvalue weighted by Crippen LogP contribution is 2.64. The third-order valence-corrected chi connectivity index (χ3v) is 8.24. The van der Waals surface area contributed by atoms with Crippen molar-refractivity contribution < 1.29 is 4.79 Å². The first kappa shape index (κ1) is 22.0. The lowest BCUT2D eigenvalue weighted by Gasteiger charge is -2.39. The molecule has 6 rings (SSSR count). The molecule has 5 heteroatoms. The molecule has 2 saturated carbocycles. The number of para-hydroxylation sites is 1. The van der Waals surface area contributed by atoms with Gasteiger partial charge in [-0.3, -0.25) is 9.78 Å². The fourth-order valence-electron chi connectivity index (χ4n) is 6.71. The number of benzene rings is 3. The minimum atomic E-state index is -0.306. The standard InChI is InChI=1S/C31H24N4O/c32-18-20-6-10-22(11-7-20)27-24-14-15-31(17-24,25-12-8-21(19-33)9-13-25)28(27)30(36)35-26-5-1-3-23-4-2-16-34-29(23)26/h1-13,16,24,27-28H,14-15,17H2,(H,35,36). The van der Waals surface area contributed by atoms with E-state index in [0.717, 1.165) is 47.0 Å². The second-order valence-electron chi connectivity index (χ2n) is 9.96. The average Bonchev–Trinajstić information content (AvgIpc) is 3.52. The van der Waals surface area contributed by atoms with Crippen LogP contribution in [0.3, 0.4) is 0 Å². The van der Waals surface area contributed by atoms with E-state index in [0.29, 0.717) is 17.0 Å². The van der Waals surface area contributed by atoms with Gasteiger partial charge in [0.15, 0.2) is 0 Å². The summed E-state index contributed by atoms with van der Waals surface area (Å²) in [7, 11) is 0. The zero-order valence-electron chi connectivity index (χ0n) is 19.7. The first-order valence-corrected chi connectivity index (χ1v) is 12.3. The van der Waals surface area contributed by atoms with Crippen molar-refractivity contribution in [3.8, 4) is 12.1 Å². The van der Waals surface area contributed by atoms with Crippen LogP contribution in [0.25, 0.3) is 10.9 Å². The van der Waals surface area contributed by atoms with Crippen molar-refractivity contribution in [2.45, 2.75) is 30.6 Å². The lowest BCUT2D eigenvalue weighted by atomic mass is 9.64. The van der Waals surface area contributed by atoms with E-state index < -0.39 is 0 Å². The van der Waals surface area contributed by atoms with Gasteiger partial charge < -0.3 is 5.32 Å². The number of anilines is 1. The van der Waals surface area contributed by atoms with Crippen LogP contribution in [0.4, 0.5) is 5.69 Å². The summed E-state index contributed by atoms with van der Waals surface area (Å²) in [5.74, 6) is 0.130. The Balaban J connectivity index is 1.44. The highest BCUT2D eigenvalue weighted by Gasteiger charge is 2.61. The van der Waals surface area contributed by atoms with E-state index in [9.17, 15) is 15.3 Å². The summed E-state index contributed by atoms with van der Waals surface area (Å²) in [6.07, 6.45) is 4.65. The fourth-order valence-corrected chi connectivity index (χ4v) is 6.71. The molecule has 1 aromatic heterocycles. The minimum absolute atomic E-state index is 0.00549. The van der Waals surface area contributed by atoms with Gasteiger partial charge in [0.1, 0.15) is 0 Å². The Labute approximate surface area is 210 Å². The molecule has 0 aliphatic heterocycles. The molecule has 3 aromatic carbocycles. The van der Waals surface area contributed by atoms with Crippen molar-refractivity contribution in [1.29, 1.82) is 10.5 Å². The summed E-state index contributed by atoms with van der Waals surface area (Å²) in [6, 6.07) is 29.6. The Kier molecular flexibility index (Phi) is 5.28. The molecule has 1 amide bonds. The monoisotopic (exact) mass is 468 g/mol. The van der Waals surface area contributed by atoms with Gasteiger partial charge in [-0.2, -0.15) is 10.5 Å². The van der Waals surface area contributed by atoms with Gasteiger partial charge in [0.2, 0.25) is 5.91 Å². The third kappa shape index (κ3) is 3.44. The van der Waals surface area contributed by atoms with Crippen molar-refractivity contribution in [2.24, 2.45) is 11.8 Å². The maximum absolute atomic E-state index is 14.2. The van der Waals surface area contributed by atoms with Crippen LogP contribution in [0.15, 0.2) is 85.1 Å². The zero-order chi connectivity index (χ0) is 24.7. The molecular weight excluding hydrogens is 444 g/mol. The molecule has 0 spiro atoms. The quantitative estimate of drug-likeness (QED) is 0.394. The first-order chi connectivity index (χ1) is 17.6. The number of carbonyl (C=O) groups excluding carboxylic acids is 1. The fraction of sp³-hybridized carbons (Fsp3) is 0.226. The summed E-state index contributed by atoms with van der Waals surface area (Å²) in [5.41, 5.74) is 4.65. The second-order valence-corrected chi connectivity index (χ2v) is 9.96. The largest absolute Gasteiger partial charge is 0.324 e. The predicted molar refractivity (Wildman–Crippen MR) is 138 cm³/mol. The number of nitriles is 2. The van der Waals surface area contributed by atoms with Crippen LogP contribution in [-0.4, -0.2) is 10.9 Å². The third-order valence-electron chi connectivity index (χ3n) is 8.24. The molecule has 0 radical (unpaired) electrons. The first-order valence-electron chi connectivity index (χ1n) is 12.3. The van der Waals surface area contributed by atoms with Gasteiger partial charge in [-0.25, -0.2) is 0 Å². The summed E-state index contributed by atoms with van der Waals surface area (Å²) in [4.78, 5) is 18.7. The Morgan fingerprint density at radius 1 is 0.917 bits per heavy atom. The van der Waals surface area contributed by atoms with E-state index in [1.807, 2.05) is 78.9 Å². The molecule has 4 aromatic rings.